The second-order valence-corrected chi connectivity index (χ2v) is 8.72. The smallest absolute Gasteiger partial charge is 0.207 e. The van der Waals surface area contributed by atoms with E-state index in [4.69, 9.17) is 0 Å². The molecule has 0 fully saturated rings. The molecule has 8 heteroatoms. The lowest BCUT2D eigenvalue weighted by atomic mass is 10.1. The highest BCUT2D eigenvalue weighted by Gasteiger charge is 2.32. The molecule has 0 atom stereocenters. The van der Waals surface area contributed by atoms with Crippen molar-refractivity contribution in [3.05, 3.63) is 65.2 Å². The van der Waals surface area contributed by atoms with Gasteiger partial charge in [0.25, 0.3) is 0 Å². The number of alkyl halides is 3. The molecule has 0 heterocycles. The van der Waals surface area contributed by atoms with Gasteiger partial charge in [0.1, 0.15) is 0 Å². The highest BCUT2D eigenvalue weighted by Crippen LogP contribution is 2.34. The zero-order valence-electron chi connectivity index (χ0n) is 13.7. The summed E-state index contributed by atoms with van der Waals surface area (Å²) >= 11 is 1.31. The Bertz CT molecular complexity index is 834. The van der Waals surface area contributed by atoms with Crippen molar-refractivity contribution in [3.63, 3.8) is 0 Å². The average Bonchev–Trinajstić information content (AvgIpc) is 2.54. The second kappa shape index (κ2) is 7.80. The molecule has 2 aromatic carbocycles. The molecule has 0 saturated carbocycles. The zero-order valence-corrected chi connectivity index (χ0v) is 15.4. The minimum atomic E-state index is -4.38. The molecule has 0 N–H and O–H groups in total. The summed E-state index contributed by atoms with van der Waals surface area (Å²) in [5, 5.41) is 0. The Morgan fingerprint density at radius 2 is 1.68 bits per heavy atom. The van der Waals surface area contributed by atoms with Crippen molar-refractivity contribution in [2.75, 3.05) is 14.1 Å². The normalized spacial score (nSPS) is 12.6. The Kier molecular flexibility index (Phi) is 6.18. The maximum Gasteiger partial charge on any atom is 0.416 e. The fourth-order valence-corrected chi connectivity index (χ4v) is 4.17. The minimum Gasteiger partial charge on any atom is -0.207 e. The van der Waals surface area contributed by atoms with Crippen LogP contribution in [0.4, 0.5) is 13.2 Å². The molecule has 2 aromatic rings. The SMILES string of the molecule is CN(C)S(=O)(=O)c1cccc(CSCc2ccccc2C(F)(F)F)c1. The van der Waals surface area contributed by atoms with Gasteiger partial charge in [0, 0.05) is 25.6 Å². The predicted octanol–water partition coefficient (Wildman–Crippen LogP) is 4.39. The molecule has 0 amide bonds. The summed E-state index contributed by atoms with van der Waals surface area (Å²) in [5.41, 5.74) is 0.334. The van der Waals surface area contributed by atoms with Crippen molar-refractivity contribution >= 4 is 21.8 Å². The number of hydrogen-bond acceptors (Lipinski definition) is 3. The van der Waals surface area contributed by atoms with Gasteiger partial charge in [-0.15, -0.1) is 0 Å². The number of hydrogen-bond donors (Lipinski definition) is 0. The first-order valence-corrected chi connectivity index (χ1v) is 9.96. The van der Waals surface area contributed by atoms with Gasteiger partial charge in [0.15, 0.2) is 0 Å². The Morgan fingerprint density at radius 3 is 2.32 bits per heavy atom. The number of halogens is 3. The van der Waals surface area contributed by atoms with E-state index >= 15 is 0 Å². The van der Waals surface area contributed by atoms with Gasteiger partial charge < -0.3 is 0 Å². The van der Waals surface area contributed by atoms with Gasteiger partial charge in [-0.1, -0.05) is 30.3 Å². The van der Waals surface area contributed by atoms with Crippen molar-refractivity contribution in [3.8, 4) is 0 Å². The summed E-state index contributed by atoms with van der Waals surface area (Å²) in [5.74, 6) is 0.614. The standard InChI is InChI=1S/C17H18F3NO2S2/c1-21(2)25(22,23)15-8-5-6-13(10-15)11-24-12-14-7-3-4-9-16(14)17(18,19)20/h3-10H,11-12H2,1-2H3. The zero-order chi connectivity index (χ0) is 18.7. The van der Waals surface area contributed by atoms with Crippen LogP contribution in [0.1, 0.15) is 16.7 Å². The summed E-state index contributed by atoms with van der Waals surface area (Å²) < 4.78 is 64.3. The van der Waals surface area contributed by atoms with Crippen molar-refractivity contribution in [1.82, 2.24) is 4.31 Å². The molecule has 2 rings (SSSR count). The first kappa shape index (κ1) is 19.8. The van der Waals surface area contributed by atoms with Gasteiger partial charge in [-0.05, 0) is 29.3 Å². The van der Waals surface area contributed by atoms with Crippen LogP contribution in [0.5, 0.6) is 0 Å². The van der Waals surface area contributed by atoms with Crippen LogP contribution >= 0.6 is 11.8 Å². The van der Waals surface area contributed by atoms with Crippen LogP contribution in [-0.2, 0) is 27.7 Å². The molecule has 0 unspecified atom stereocenters. The third-order valence-electron chi connectivity index (χ3n) is 3.53. The van der Waals surface area contributed by atoms with E-state index in [0.29, 0.717) is 5.75 Å². The Labute approximate surface area is 149 Å². The molecule has 0 aliphatic heterocycles. The number of nitrogens with zero attached hydrogens (tertiary/aromatic N) is 1. The fraction of sp³-hybridized carbons (Fsp3) is 0.294. The summed E-state index contributed by atoms with van der Waals surface area (Å²) in [6.07, 6.45) is -4.38. The van der Waals surface area contributed by atoms with Crippen molar-refractivity contribution in [2.24, 2.45) is 0 Å². The monoisotopic (exact) mass is 389 g/mol. The molecule has 0 aromatic heterocycles. The van der Waals surface area contributed by atoms with Crippen LogP contribution in [0.15, 0.2) is 53.4 Å². The lowest BCUT2D eigenvalue weighted by molar-refractivity contribution is -0.138. The van der Waals surface area contributed by atoms with Crippen molar-refractivity contribution in [2.45, 2.75) is 22.6 Å². The molecule has 0 spiro atoms. The van der Waals surface area contributed by atoms with Gasteiger partial charge in [-0.3, -0.25) is 0 Å². The first-order chi connectivity index (χ1) is 11.6. The molecular weight excluding hydrogens is 371 g/mol. The Morgan fingerprint density at radius 1 is 1.00 bits per heavy atom. The van der Waals surface area contributed by atoms with Crippen molar-refractivity contribution < 1.29 is 21.6 Å². The minimum absolute atomic E-state index is 0.172. The fourth-order valence-electron chi connectivity index (χ4n) is 2.21. The maximum atomic E-state index is 13.0. The number of rotatable bonds is 6. The van der Waals surface area contributed by atoms with E-state index in [-0.39, 0.29) is 16.2 Å². The topological polar surface area (TPSA) is 37.4 Å². The van der Waals surface area contributed by atoms with Crippen LogP contribution in [0.2, 0.25) is 0 Å². The molecular formula is C17H18F3NO2S2. The number of sulfonamides is 1. The van der Waals surface area contributed by atoms with Crippen molar-refractivity contribution in [1.29, 1.82) is 0 Å². The number of thioether (sulfide) groups is 1. The van der Waals surface area contributed by atoms with E-state index in [1.807, 2.05) is 0 Å². The van der Waals surface area contributed by atoms with Gasteiger partial charge in [-0.25, -0.2) is 12.7 Å². The third-order valence-corrected chi connectivity index (χ3v) is 6.39. The summed E-state index contributed by atoms with van der Waals surface area (Å²) in [6.45, 7) is 0. The predicted molar refractivity (Wildman–Crippen MR) is 93.8 cm³/mol. The molecule has 3 nitrogen and oxygen atoms in total. The van der Waals surface area contributed by atoms with Gasteiger partial charge in [0.05, 0.1) is 10.5 Å². The van der Waals surface area contributed by atoms with E-state index in [2.05, 4.69) is 0 Å². The third kappa shape index (κ3) is 4.99. The van der Waals surface area contributed by atoms with Crippen LogP contribution in [0.3, 0.4) is 0 Å². The largest absolute Gasteiger partial charge is 0.416 e. The first-order valence-electron chi connectivity index (χ1n) is 7.36. The lowest BCUT2D eigenvalue weighted by Gasteiger charge is -2.13. The van der Waals surface area contributed by atoms with Crippen LogP contribution in [0.25, 0.3) is 0 Å². The molecule has 0 radical (unpaired) electrons. The van der Waals surface area contributed by atoms with Gasteiger partial charge in [0.2, 0.25) is 10.0 Å². The van der Waals surface area contributed by atoms with E-state index < -0.39 is 21.8 Å². The van der Waals surface area contributed by atoms with Crippen LogP contribution in [-0.4, -0.2) is 26.8 Å². The quantitative estimate of drug-likeness (QED) is 0.735. The Balaban J connectivity index is 2.09. The van der Waals surface area contributed by atoms with E-state index in [1.165, 1.54) is 44.1 Å². The lowest BCUT2D eigenvalue weighted by Crippen LogP contribution is -2.22. The molecule has 0 aliphatic carbocycles. The Hall–Kier alpha value is -1.51. The summed E-state index contributed by atoms with van der Waals surface area (Å²) in [7, 11) is -0.629. The molecule has 0 aliphatic rings. The van der Waals surface area contributed by atoms with Gasteiger partial charge in [-0.2, -0.15) is 24.9 Å². The second-order valence-electron chi connectivity index (χ2n) is 5.58. The van der Waals surface area contributed by atoms with E-state index in [1.54, 1.807) is 24.3 Å². The van der Waals surface area contributed by atoms with E-state index in [9.17, 15) is 21.6 Å². The van der Waals surface area contributed by atoms with Crippen LogP contribution in [0, 0.1) is 0 Å². The summed E-state index contributed by atoms with van der Waals surface area (Å²) in [6, 6.07) is 11.9. The molecule has 25 heavy (non-hydrogen) atoms. The molecule has 0 bridgehead atoms. The summed E-state index contributed by atoms with van der Waals surface area (Å²) in [4.78, 5) is 0.172. The number of benzene rings is 2. The van der Waals surface area contributed by atoms with Crippen LogP contribution < -0.4 is 0 Å². The highest BCUT2D eigenvalue weighted by molar-refractivity contribution is 7.97. The highest BCUT2D eigenvalue weighted by atomic mass is 32.2. The maximum absolute atomic E-state index is 13.0. The van der Waals surface area contributed by atoms with E-state index in [0.717, 1.165) is 15.9 Å². The molecule has 0 saturated heterocycles. The van der Waals surface area contributed by atoms with Gasteiger partial charge >= 0.3 is 6.18 Å². The average molecular weight is 389 g/mol. The molecule has 136 valence electrons.